The molecule has 0 unspecified atom stereocenters. The lowest BCUT2D eigenvalue weighted by atomic mass is 10.2. The van der Waals surface area contributed by atoms with Gasteiger partial charge in [-0.3, -0.25) is 0 Å². The molecule has 1 heterocycles. The maximum atomic E-state index is 13.3. The van der Waals surface area contributed by atoms with Crippen molar-refractivity contribution in [1.82, 2.24) is 0 Å². The zero-order chi connectivity index (χ0) is 16.4. The van der Waals surface area contributed by atoms with E-state index >= 15 is 0 Å². The SMILES string of the molecule is Cc1ccc(F)cc1S(=O)(=O)Oc1ccc(C2SCCS2)cc1. The number of thioether (sulfide) groups is 2. The molecule has 2 aromatic carbocycles. The summed E-state index contributed by atoms with van der Waals surface area (Å²) in [6.07, 6.45) is 0. The van der Waals surface area contributed by atoms with Crippen molar-refractivity contribution in [2.45, 2.75) is 16.4 Å². The molecule has 0 atom stereocenters. The van der Waals surface area contributed by atoms with Gasteiger partial charge >= 0.3 is 10.1 Å². The highest BCUT2D eigenvalue weighted by molar-refractivity contribution is 8.19. The van der Waals surface area contributed by atoms with E-state index in [2.05, 4.69) is 0 Å². The van der Waals surface area contributed by atoms with Crippen LogP contribution >= 0.6 is 23.5 Å². The third-order valence-electron chi connectivity index (χ3n) is 3.40. The van der Waals surface area contributed by atoms with E-state index in [4.69, 9.17) is 4.18 Å². The van der Waals surface area contributed by atoms with Crippen LogP contribution in [0.1, 0.15) is 15.7 Å². The molecule has 3 nitrogen and oxygen atoms in total. The van der Waals surface area contributed by atoms with Crippen molar-refractivity contribution < 1.29 is 17.0 Å². The third-order valence-corrected chi connectivity index (χ3v) is 7.89. The number of hydrogen-bond donors (Lipinski definition) is 0. The zero-order valence-electron chi connectivity index (χ0n) is 12.4. The van der Waals surface area contributed by atoms with Crippen LogP contribution in [0.4, 0.5) is 4.39 Å². The summed E-state index contributed by atoms with van der Waals surface area (Å²) in [6.45, 7) is 1.60. The Morgan fingerprint density at radius 3 is 2.39 bits per heavy atom. The average Bonchev–Trinajstić information content (AvgIpc) is 3.04. The van der Waals surface area contributed by atoms with Gasteiger partial charge in [0.05, 0.1) is 4.58 Å². The monoisotopic (exact) mass is 370 g/mol. The lowest BCUT2D eigenvalue weighted by Crippen LogP contribution is -2.11. The van der Waals surface area contributed by atoms with Crippen LogP contribution in [-0.2, 0) is 10.1 Å². The molecule has 0 saturated carbocycles. The van der Waals surface area contributed by atoms with Crippen molar-refractivity contribution >= 4 is 33.6 Å². The Labute approximate surface area is 143 Å². The Morgan fingerprint density at radius 1 is 1.09 bits per heavy atom. The molecule has 0 aromatic heterocycles. The third kappa shape index (κ3) is 3.84. The molecule has 3 rings (SSSR count). The molecule has 1 aliphatic rings. The van der Waals surface area contributed by atoms with Gasteiger partial charge in [0.1, 0.15) is 16.5 Å². The maximum absolute atomic E-state index is 13.3. The number of halogens is 1. The highest BCUT2D eigenvalue weighted by Gasteiger charge is 2.21. The molecular weight excluding hydrogens is 355 g/mol. The summed E-state index contributed by atoms with van der Waals surface area (Å²) in [4.78, 5) is -0.150. The molecule has 1 aliphatic heterocycles. The van der Waals surface area contributed by atoms with Gasteiger partial charge in [-0.05, 0) is 42.3 Å². The fourth-order valence-electron chi connectivity index (χ4n) is 2.25. The van der Waals surface area contributed by atoms with Gasteiger partial charge in [0.15, 0.2) is 0 Å². The second-order valence-corrected chi connectivity index (χ2v) is 9.33. The van der Waals surface area contributed by atoms with E-state index in [1.807, 2.05) is 35.7 Å². The first-order valence-electron chi connectivity index (χ1n) is 6.99. The minimum absolute atomic E-state index is 0.150. The molecule has 2 aromatic rings. The molecule has 122 valence electrons. The van der Waals surface area contributed by atoms with Crippen LogP contribution in [0.25, 0.3) is 0 Å². The van der Waals surface area contributed by atoms with Gasteiger partial charge in [-0.25, -0.2) is 4.39 Å². The lowest BCUT2D eigenvalue weighted by Gasteiger charge is -2.11. The van der Waals surface area contributed by atoms with Crippen LogP contribution in [0.5, 0.6) is 5.75 Å². The lowest BCUT2D eigenvalue weighted by molar-refractivity contribution is 0.484. The minimum atomic E-state index is -4.05. The zero-order valence-corrected chi connectivity index (χ0v) is 14.8. The molecule has 0 aliphatic carbocycles. The number of benzene rings is 2. The standard InChI is InChI=1S/C16H15FO3S3/c1-11-2-5-13(17)10-15(11)23(18,19)20-14-6-3-12(4-7-14)16-21-8-9-22-16/h2-7,10,16H,8-9H2,1H3. The first-order valence-corrected chi connectivity index (χ1v) is 10.5. The number of rotatable bonds is 4. The highest BCUT2D eigenvalue weighted by atomic mass is 32.2. The fourth-order valence-corrected chi connectivity index (χ4v) is 6.28. The van der Waals surface area contributed by atoms with Crippen molar-refractivity contribution in [2.24, 2.45) is 0 Å². The topological polar surface area (TPSA) is 43.4 Å². The summed E-state index contributed by atoms with van der Waals surface area (Å²) in [6, 6.07) is 10.6. The fraction of sp³-hybridized carbons (Fsp3) is 0.250. The number of aryl methyl sites for hydroxylation is 1. The molecule has 0 spiro atoms. The molecular formula is C16H15FO3S3. The van der Waals surface area contributed by atoms with Gasteiger partial charge in [0, 0.05) is 11.5 Å². The van der Waals surface area contributed by atoms with Gasteiger partial charge in [0.25, 0.3) is 0 Å². The van der Waals surface area contributed by atoms with Crippen LogP contribution in [-0.4, -0.2) is 19.9 Å². The van der Waals surface area contributed by atoms with Crippen LogP contribution < -0.4 is 4.18 Å². The van der Waals surface area contributed by atoms with Crippen molar-refractivity contribution in [1.29, 1.82) is 0 Å². The average molecular weight is 370 g/mol. The van der Waals surface area contributed by atoms with Gasteiger partial charge in [-0.1, -0.05) is 18.2 Å². The molecule has 0 amide bonds. The van der Waals surface area contributed by atoms with E-state index in [1.165, 1.54) is 12.1 Å². The normalized spacial score (nSPS) is 15.7. The van der Waals surface area contributed by atoms with Crippen molar-refractivity contribution in [3.05, 3.63) is 59.4 Å². The van der Waals surface area contributed by atoms with E-state index in [1.54, 1.807) is 19.1 Å². The van der Waals surface area contributed by atoms with Crippen LogP contribution in [0.3, 0.4) is 0 Å². The summed E-state index contributed by atoms with van der Waals surface area (Å²) >= 11 is 3.75. The first-order chi connectivity index (χ1) is 11.0. The molecule has 7 heteroatoms. The van der Waals surface area contributed by atoms with Crippen molar-refractivity contribution in [3.8, 4) is 5.75 Å². The largest absolute Gasteiger partial charge is 0.379 e. The van der Waals surface area contributed by atoms with Gasteiger partial charge in [-0.2, -0.15) is 8.42 Å². The number of hydrogen-bond acceptors (Lipinski definition) is 5. The van der Waals surface area contributed by atoms with Gasteiger partial charge in [-0.15, -0.1) is 23.5 Å². The molecule has 23 heavy (non-hydrogen) atoms. The Kier molecular flexibility index (Phi) is 4.89. The minimum Gasteiger partial charge on any atom is -0.379 e. The summed E-state index contributed by atoms with van der Waals surface area (Å²) in [5, 5.41) is 0. The Bertz CT molecular complexity index is 798. The molecule has 0 N–H and O–H groups in total. The van der Waals surface area contributed by atoms with Crippen molar-refractivity contribution in [3.63, 3.8) is 0 Å². The summed E-state index contributed by atoms with van der Waals surface area (Å²) in [7, 11) is -4.05. The molecule has 1 saturated heterocycles. The van der Waals surface area contributed by atoms with Gasteiger partial charge < -0.3 is 4.18 Å². The van der Waals surface area contributed by atoms with E-state index in [9.17, 15) is 12.8 Å². The predicted molar refractivity (Wildman–Crippen MR) is 93.0 cm³/mol. The second kappa shape index (κ2) is 6.75. The molecule has 0 radical (unpaired) electrons. The molecule has 1 fully saturated rings. The van der Waals surface area contributed by atoms with E-state index < -0.39 is 15.9 Å². The van der Waals surface area contributed by atoms with Gasteiger partial charge in [0.2, 0.25) is 0 Å². The smallest absolute Gasteiger partial charge is 0.339 e. The van der Waals surface area contributed by atoms with Crippen molar-refractivity contribution in [2.75, 3.05) is 11.5 Å². The predicted octanol–water partition coefficient (Wildman–Crippen LogP) is 4.38. The first kappa shape index (κ1) is 16.7. The quantitative estimate of drug-likeness (QED) is 0.747. The van der Waals surface area contributed by atoms with E-state index in [-0.39, 0.29) is 10.6 Å². The Hall–Kier alpha value is -1.18. The highest BCUT2D eigenvalue weighted by Crippen LogP contribution is 2.45. The Morgan fingerprint density at radius 2 is 1.74 bits per heavy atom. The summed E-state index contributed by atoms with van der Waals surface area (Å²) < 4.78 is 43.5. The molecule has 0 bridgehead atoms. The Balaban J connectivity index is 1.81. The second-order valence-electron chi connectivity index (χ2n) is 5.09. The summed E-state index contributed by atoms with van der Waals surface area (Å²) in [5.74, 6) is 1.87. The van der Waals surface area contributed by atoms with Crippen LogP contribution in [0, 0.1) is 12.7 Å². The summed E-state index contributed by atoms with van der Waals surface area (Å²) in [5.41, 5.74) is 1.59. The maximum Gasteiger partial charge on any atom is 0.339 e. The van der Waals surface area contributed by atoms with E-state index in [0.717, 1.165) is 23.1 Å². The van der Waals surface area contributed by atoms with Crippen LogP contribution in [0.15, 0.2) is 47.4 Å². The van der Waals surface area contributed by atoms with E-state index in [0.29, 0.717) is 10.1 Å². The van der Waals surface area contributed by atoms with Crippen LogP contribution in [0.2, 0.25) is 0 Å².